The van der Waals surface area contributed by atoms with E-state index in [2.05, 4.69) is 10.2 Å². The Hall–Kier alpha value is -2.04. The van der Waals surface area contributed by atoms with Crippen LogP contribution in [0.1, 0.15) is 52.5 Å². The Morgan fingerprint density at radius 3 is 2.55 bits per heavy atom. The van der Waals surface area contributed by atoms with Crippen LogP contribution in [0, 0.1) is 0 Å². The van der Waals surface area contributed by atoms with Crippen LogP contribution in [0.15, 0.2) is 6.07 Å². The molecule has 20 heavy (non-hydrogen) atoms. The molecule has 0 saturated carbocycles. The summed E-state index contributed by atoms with van der Waals surface area (Å²) in [6, 6.07) is 1.79. The number of nitrogens with one attached hydrogen (secondary N) is 1. The van der Waals surface area contributed by atoms with Gasteiger partial charge in [-0.05, 0) is 37.3 Å². The quantitative estimate of drug-likeness (QED) is 0.635. The van der Waals surface area contributed by atoms with Gasteiger partial charge in [-0.25, -0.2) is 0 Å². The van der Waals surface area contributed by atoms with E-state index >= 15 is 0 Å². The molecule has 0 atom stereocenters. The minimum atomic E-state index is -0.321. The lowest BCUT2D eigenvalue weighted by Crippen LogP contribution is -2.30. The molecule has 1 aromatic rings. The van der Waals surface area contributed by atoms with E-state index in [4.69, 9.17) is 5.73 Å². The number of amides is 2. The van der Waals surface area contributed by atoms with Crippen molar-refractivity contribution < 1.29 is 9.59 Å². The summed E-state index contributed by atoms with van der Waals surface area (Å²) in [5.41, 5.74) is 9.57. The molecule has 3 N–H and O–H groups in total. The standard InChI is InChI=1S/C15H19N3O2/c1-2-9-12-10(14(19)17-15(12)20)8-11(13(9)16)18-6-4-3-5-7-18/h8H,2-7,16H2,1H3,(H,17,19,20). The maximum absolute atomic E-state index is 11.9. The van der Waals surface area contributed by atoms with Crippen molar-refractivity contribution in [3.05, 3.63) is 22.8 Å². The number of fused-ring (bicyclic) bond motifs is 1. The number of benzene rings is 1. The van der Waals surface area contributed by atoms with Crippen molar-refractivity contribution >= 4 is 23.2 Å². The van der Waals surface area contributed by atoms with Gasteiger partial charge in [0, 0.05) is 13.1 Å². The lowest BCUT2D eigenvalue weighted by atomic mass is 9.96. The van der Waals surface area contributed by atoms with E-state index in [-0.39, 0.29) is 11.8 Å². The van der Waals surface area contributed by atoms with Crippen LogP contribution in [0.2, 0.25) is 0 Å². The number of carbonyl (C=O) groups is 2. The Morgan fingerprint density at radius 2 is 1.90 bits per heavy atom. The summed E-state index contributed by atoms with van der Waals surface area (Å²) in [4.78, 5) is 26.0. The lowest BCUT2D eigenvalue weighted by Gasteiger charge is -2.31. The molecule has 1 fully saturated rings. The number of nitrogens with zero attached hydrogens (tertiary/aromatic N) is 1. The van der Waals surface area contributed by atoms with Gasteiger partial charge in [-0.1, -0.05) is 6.92 Å². The number of anilines is 2. The van der Waals surface area contributed by atoms with Crippen LogP contribution >= 0.6 is 0 Å². The van der Waals surface area contributed by atoms with E-state index in [1.807, 2.05) is 6.92 Å². The first-order valence-electron chi connectivity index (χ1n) is 7.19. The topological polar surface area (TPSA) is 75.4 Å². The first-order valence-corrected chi connectivity index (χ1v) is 7.19. The zero-order valence-corrected chi connectivity index (χ0v) is 11.7. The molecule has 2 amide bonds. The van der Waals surface area contributed by atoms with Gasteiger partial charge in [0.25, 0.3) is 11.8 Å². The molecule has 106 valence electrons. The third-order valence-electron chi connectivity index (χ3n) is 4.20. The molecule has 2 aliphatic rings. The first-order chi connectivity index (χ1) is 9.63. The van der Waals surface area contributed by atoms with Crippen LogP contribution in [-0.4, -0.2) is 24.9 Å². The smallest absolute Gasteiger partial charge is 0.259 e. The van der Waals surface area contributed by atoms with E-state index in [0.29, 0.717) is 23.2 Å². The fourth-order valence-corrected chi connectivity index (χ4v) is 3.17. The maximum Gasteiger partial charge on any atom is 0.259 e. The third-order valence-corrected chi connectivity index (χ3v) is 4.20. The predicted octanol–water partition coefficient (Wildman–Crippen LogP) is 1.71. The van der Waals surface area contributed by atoms with Gasteiger partial charge in [0.1, 0.15) is 0 Å². The summed E-state index contributed by atoms with van der Waals surface area (Å²) in [5.74, 6) is -0.628. The van der Waals surface area contributed by atoms with Crippen LogP contribution in [0.25, 0.3) is 0 Å². The van der Waals surface area contributed by atoms with Crippen LogP contribution in [0.5, 0.6) is 0 Å². The van der Waals surface area contributed by atoms with E-state index in [9.17, 15) is 9.59 Å². The highest BCUT2D eigenvalue weighted by Crippen LogP contribution is 2.36. The summed E-state index contributed by atoms with van der Waals surface area (Å²) in [6.07, 6.45) is 4.17. The number of nitrogen functional groups attached to an aromatic ring is 1. The van der Waals surface area contributed by atoms with Gasteiger partial charge in [0.05, 0.1) is 22.5 Å². The SMILES string of the molecule is CCc1c(N)c(N2CCCCC2)cc2c1C(=O)NC2=O. The maximum atomic E-state index is 11.9. The van der Waals surface area contributed by atoms with Gasteiger partial charge in [-0.2, -0.15) is 0 Å². The van der Waals surface area contributed by atoms with E-state index in [1.54, 1.807) is 6.07 Å². The number of rotatable bonds is 2. The van der Waals surface area contributed by atoms with E-state index in [1.165, 1.54) is 6.42 Å². The van der Waals surface area contributed by atoms with Crippen molar-refractivity contribution in [1.29, 1.82) is 0 Å². The van der Waals surface area contributed by atoms with Crippen molar-refractivity contribution in [1.82, 2.24) is 5.32 Å². The van der Waals surface area contributed by atoms with Gasteiger partial charge >= 0.3 is 0 Å². The minimum Gasteiger partial charge on any atom is -0.397 e. The highest BCUT2D eigenvalue weighted by molar-refractivity contribution is 6.23. The number of nitrogens with two attached hydrogens (primary N) is 1. The molecular formula is C15H19N3O2. The van der Waals surface area contributed by atoms with Gasteiger partial charge in [0.2, 0.25) is 0 Å². The normalized spacial score (nSPS) is 18.1. The molecule has 3 rings (SSSR count). The summed E-state index contributed by atoms with van der Waals surface area (Å²) in [7, 11) is 0. The molecule has 0 aliphatic carbocycles. The van der Waals surface area contributed by atoms with Crippen LogP contribution in [0.3, 0.4) is 0 Å². The molecule has 5 nitrogen and oxygen atoms in total. The number of carbonyl (C=O) groups excluding carboxylic acids is 2. The Labute approximate surface area is 118 Å². The molecule has 0 radical (unpaired) electrons. The van der Waals surface area contributed by atoms with Crippen molar-refractivity contribution in [2.45, 2.75) is 32.6 Å². The second-order valence-corrected chi connectivity index (χ2v) is 5.39. The van der Waals surface area contributed by atoms with Crippen molar-refractivity contribution in [2.75, 3.05) is 23.7 Å². The van der Waals surface area contributed by atoms with Crippen molar-refractivity contribution in [3.63, 3.8) is 0 Å². The number of imide groups is 1. The number of piperidine rings is 1. The molecule has 1 saturated heterocycles. The fourth-order valence-electron chi connectivity index (χ4n) is 3.17. The zero-order chi connectivity index (χ0) is 14.3. The number of hydrogen-bond acceptors (Lipinski definition) is 4. The summed E-state index contributed by atoms with van der Waals surface area (Å²) in [6.45, 7) is 3.88. The van der Waals surface area contributed by atoms with Crippen molar-refractivity contribution in [2.24, 2.45) is 0 Å². The molecule has 0 aromatic heterocycles. The summed E-state index contributed by atoms with van der Waals surface area (Å²) in [5, 5.41) is 2.36. The second kappa shape index (κ2) is 4.81. The van der Waals surface area contributed by atoms with Gasteiger partial charge in [-0.3, -0.25) is 14.9 Å². The van der Waals surface area contributed by atoms with Crippen LogP contribution in [0.4, 0.5) is 11.4 Å². The highest BCUT2D eigenvalue weighted by Gasteiger charge is 2.32. The minimum absolute atomic E-state index is 0.307. The number of hydrogen-bond donors (Lipinski definition) is 2. The van der Waals surface area contributed by atoms with Crippen molar-refractivity contribution in [3.8, 4) is 0 Å². The Balaban J connectivity index is 2.15. The molecule has 2 aliphatic heterocycles. The average Bonchev–Trinajstić information content (AvgIpc) is 2.74. The highest BCUT2D eigenvalue weighted by atomic mass is 16.2. The third kappa shape index (κ3) is 1.85. The van der Waals surface area contributed by atoms with E-state index < -0.39 is 0 Å². The lowest BCUT2D eigenvalue weighted by molar-refractivity contribution is 0.0879. The molecule has 0 bridgehead atoms. The van der Waals surface area contributed by atoms with Crippen LogP contribution in [-0.2, 0) is 6.42 Å². The molecular weight excluding hydrogens is 254 g/mol. The monoisotopic (exact) mass is 273 g/mol. The van der Waals surface area contributed by atoms with E-state index in [0.717, 1.165) is 37.2 Å². The Bertz CT molecular complexity index is 589. The Kier molecular flexibility index (Phi) is 3.12. The summed E-state index contributed by atoms with van der Waals surface area (Å²) >= 11 is 0. The molecule has 0 spiro atoms. The first kappa shape index (κ1) is 13.0. The van der Waals surface area contributed by atoms with Crippen LogP contribution < -0.4 is 16.0 Å². The van der Waals surface area contributed by atoms with Gasteiger partial charge < -0.3 is 10.6 Å². The zero-order valence-electron chi connectivity index (χ0n) is 11.7. The molecule has 2 heterocycles. The summed E-state index contributed by atoms with van der Waals surface area (Å²) < 4.78 is 0. The fraction of sp³-hybridized carbons (Fsp3) is 0.467. The molecule has 1 aromatic carbocycles. The predicted molar refractivity (Wildman–Crippen MR) is 78.1 cm³/mol. The largest absolute Gasteiger partial charge is 0.397 e. The molecule has 0 unspecified atom stereocenters. The average molecular weight is 273 g/mol. The van der Waals surface area contributed by atoms with Gasteiger partial charge in [0.15, 0.2) is 0 Å². The molecule has 5 heteroatoms. The second-order valence-electron chi connectivity index (χ2n) is 5.39. The Morgan fingerprint density at radius 1 is 1.20 bits per heavy atom. The van der Waals surface area contributed by atoms with Gasteiger partial charge in [-0.15, -0.1) is 0 Å².